The van der Waals surface area contributed by atoms with Gasteiger partial charge in [0, 0.05) is 0 Å². The van der Waals surface area contributed by atoms with Gasteiger partial charge >= 0.3 is 207 Å². The first kappa shape index (κ1) is 27.1. The number of rotatable bonds is 7. The Morgan fingerprint density at radius 1 is 0.500 bits per heavy atom. The Morgan fingerprint density at radius 2 is 0.735 bits per heavy atom. The molecule has 184 valence electrons. The Morgan fingerprint density at radius 3 is 0.941 bits per heavy atom. The van der Waals surface area contributed by atoms with Crippen molar-refractivity contribution < 1.29 is 35.4 Å². The van der Waals surface area contributed by atoms with Crippen molar-refractivity contribution in [2.75, 3.05) is 13.2 Å². The Labute approximate surface area is 206 Å². The van der Waals surface area contributed by atoms with E-state index in [0.29, 0.717) is 0 Å². The fourth-order valence-electron chi connectivity index (χ4n) is 3.46. The van der Waals surface area contributed by atoms with Gasteiger partial charge in [-0.25, -0.2) is 0 Å². The quantitative estimate of drug-likeness (QED) is 0.219. The summed E-state index contributed by atoms with van der Waals surface area (Å²) < 4.78 is 92.4. The Bertz CT molecular complexity index is 982. The second-order valence-corrected chi connectivity index (χ2v) is 12.5. The van der Waals surface area contributed by atoms with Gasteiger partial charge in [-0.05, 0) is 0 Å². The summed E-state index contributed by atoms with van der Waals surface area (Å²) >= 11 is 17.9. The number of halogens is 9. The van der Waals surface area contributed by atoms with E-state index >= 15 is 0 Å². The average molecular weight is 564 g/mol. The summed E-state index contributed by atoms with van der Waals surface area (Å²) in [6.07, 6.45) is -9.79. The molecule has 0 saturated heterocycles. The standard InChI is InChI=1S/C22H16Cl3F6O2P/c23-15-1-7-18(8-2-15)34(32-13-21(26,27)28,33-14-22(29,30)31,19-9-3-16(24)4-10-19)20-11-5-17(25)6-12-20/h1-12H,13-14H2. The first-order valence-electron chi connectivity index (χ1n) is 9.49. The van der Waals surface area contributed by atoms with Crippen molar-refractivity contribution in [3.63, 3.8) is 0 Å². The van der Waals surface area contributed by atoms with Crippen molar-refractivity contribution in [1.29, 1.82) is 0 Å². The SMILES string of the molecule is FC(F)(F)COP(OCC(F)(F)F)(c1ccc(Cl)cc1)(c1ccc(Cl)cc1)c1ccc(Cl)cc1. The minimum atomic E-state index is -5.40. The molecule has 0 aliphatic rings. The van der Waals surface area contributed by atoms with Crippen LogP contribution in [0.2, 0.25) is 15.1 Å². The molecule has 0 heterocycles. The predicted octanol–water partition coefficient (Wildman–Crippen LogP) is 7.46. The average Bonchev–Trinajstić information content (AvgIpc) is 2.75. The van der Waals surface area contributed by atoms with Gasteiger partial charge < -0.3 is 0 Å². The van der Waals surface area contributed by atoms with Crippen LogP contribution < -0.4 is 15.9 Å². The molecule has 0 amide bonds. The number of alkyl halides is 6. The molecule has 0 spiro atoms. The molecular formula is C22H16Cl3F6O2P. The van der Waals surface area contributed by atoms with Gasteiger partial charge in [0.05, 0.1) is 0 Å². The fourth-order valence-corrected chi connectivity index (χ4v) is 8.56. The first-order chi connectivity index (χ1) is 15.7. The monoisotopic (exact) mass is 562 g/mol. The topological polar surface area (TPSA) is 18.5 Å². The molecule has 0 fully saturated rings. The van der Waals surface area contributed by atoms with Crippen LogP contribution in [0.3, 0.4) is 0 Å². The molecule has 0 radical (unpaired) electrons. The van der Waals surface area contributed by atoms with Crippen LogP contribution in [0.1, 0.15) is 0 Å². The second-order valence-electron chi connectivity index (χ2n) is 7.16. The summed E-state index contributed by atoms with van der Waals surface area (Å²) in [6, 6.07) is 15.7. The zero-order valence-corrected chi connectivity index (χ0v) is 20.2. The second kappa shape index (κ2) is 9.84. The van der Waals surface area contributed by atoms with Gasteiger partial charge in [0.1, 0.15) is 0 Å². The van der Waals surface area contributed by atoms with Crippen LogP contribution in [0.15, 0.2) is 72.8 Å². The number of hydrogen-bond acceptors (Lipinski definition) is 2. The summed E-state index contributed by atoms with van der Waals surface area (Å²) in [5.41, 5.74) is 0. The van der Waals surface area contributed by atoms with E-state index in [9.17, 15) is 26.3 Å². The third kappa shape index (κ3) is 5.64. The Kier molecular flexibility index (Phi) is 7.83. The summed E-state index contributed by atoms with van der Waals surface area (Å²) in [5, 5.41) is 0.438. The van der Waals surface area contributed by atoms with E-state index in [4.69, 9.17) is 43.9 Å². The van der Waals surface area contributed by atoms with Crippen molar-refractivity contribution in [3.05, 3.63) is 87.9 Å². The zero-order valence-electron chi connectivity index (χ0n) is 17.0. The van der Waals surface area contributed by atoms with Crippen LogP contribution in [0.25, 0.3) is 0 Å². The Balaban J connectivity index is 2.50. The van der Waals surface area contributed by atoms with Gasteiger partial charge in [0.15, 0.2) is 0 Å². The predicted molar refractivity (Wildman–Crippen MR) is 124 cm³/mol. The van der Waals surface area contributed by atoms with Gasteiger partial charge in [0.2, 0.25) is 0 Å². The summed E-state index contributed by atoms with van der Waals surface area (Å²) in [4.78, 5) is 0. The molecule has 2 nitrogen and oxygen atoms in total. The molecule has 3 aromatic carbocycles. The molecule has 0 aromatic heterocycles. The van der Waals surface area contributed by atoms with E-state index in [0.717, 1.165) is 0 Å². The minimum absolute atomic E-state index is 0.0615. The van der Waals surface area contributed by atoms with E-state index in [1.165, 1.54) is 72.8 Å². The van der Waals surface area contributed by atoms with E-state index in [1.807, 2.05) is 0 Å². The van der Waals surface area contributed by atoms with E-state index in [1.54, 1.807) is 0 Å². The summed E-state index contributed by atoms with van der Waals surface area (Å²) in [7, 11) is -5.40. The molecule has 12 heteroatoms. The third-order valence-corrected chi connectivity index (χ3v) is 10.5. The molecule has 0 saturated carbocycles. The zero-order chi connectivity index (χ0) is 25.2. The Hall–Kier alpha value is -1.54. The van der Waals surface area contributed by atoms with Gasteiger partial charge in [0.25, 0.3) is 0 Å². The van der Waals surface area contributed by atoms with Crippen LogP contribution in [0.5, 0.6) is 0 Å². The maximum atomic E-state index is 13.5. The van der Waals surface area contributed by atoms with Crippen molar-refractivity contribution in [2.24, 2.45) is 0 Å². The van der Waals surface area contributed by atoms with Crippen LogP contribution in [0.4, 0.5) is 26.3 Å². The number of benzene rings is 3. The van der Waals surface area contributed by atoms with Gasteiger partial charge in [-0.1, -0.05) is 0 Å². The van der Waals surface area contributed by atoms with Crippen LogP contribution in [0, 0.1) is 0 Å². The van der Waals surface area contributed by atoms with Gasteiger partial charge in [-0.2, -0.15) is 0 Å². The van der Waals surface area contributed by atoms with Crippen LogP contribution >= 0.6 is 41.9 Å². The van der Waals surface area contributed by atoms with Gasteiger partial charge in [-0.3, -0.25) is 0 Å². The normalized spacial score (nSPS) is 14.0. The molecular weight excluding hydrogens is 548 g/mol. The summed E-state index contributed by atoms with van der Waals surface area (Å²) in [6.45, 7) is -3.78. The van der Waals surface area contributed by atoms with E-state index < -0.39 is 32.6 Å². The van der Waals surface area contributed by atoms with Crippen LogP contribution in [-0.2, 0) is 9.05 Å². The molecule has 0 atom stereocenters. The first-order valence-corrected chi connectivity index (χ1v) is 12.7. The fraction of sp³-hybridized carbons (Fsp3) is 0.182. The molecule has 0 aliphatic carbocycles. The maximum absolute atomic E-state index is 13.5. The van der Waals surface area contributed by atoms with Crippen molar-refractivity contribution >= 4 is 57.8 Å². The third-order valence-electron chi connectivity index (χ3n) is 4.84. The van der Waals surface area contributed by atoms with Crippen molar-refractivity contribution in [3.8, 4) is 0 Å². The molecule has 0 bridgehead atoms. The van der Waals surface area contributed by atoms with Crippen LogP contribution in [-0.4, -0.2) is 25.6 Å². The van der Waals surface area contributed by atoms with E-state index in [2.05, 4.69) is 0 Å². The molecule has 0 unspecified atom stereocenters. The number of hydrogen-bond donors (Lipinski definition) is 0. The molecule has 0 N–H and O–H groups in total. The molecule has 0 aliphatic heterocycles. The summed E-state index contributed by atoms with van der Waals surface area (Å²) in [5.74, 6) is 0. The molecule has 3 aromatic rings. The molecule has 34 heavy (non-hydrogen) atoms. The molecule has 3 rings (SSSR count). The van der Waals surface area contributed by atoms with Crippen molar-refractivity contribution in [2.45, 2.75) is 12.4 Å². The van der Waals surface area contributed by atoms with E-state index in [-0.39, 0.29) is 31.0 Å². The van der Waals surface area contributed by atoms with Gasteiger partial charge in [-0.15, -0.1) is 0 Å². The van der Waals surface area contributed by atoms with Crippen molar-refractivity contribution in [1.82, 2.24) is 0 Å².